The van der Waals surface area contributed by atoms with E-state index in [1.54, 1.807) is 0 Å². The second-order valence-corrected chi connectivity index (χ2v) is 35.4. The molecule has 6 aliphatic heterocycles. The lowest BCUT2D eigenvalue weighted by Crippen LogP contribution is -2.64. The quantitative estimate of drug-likeness (QED) is 0.0214. The van der Waals surface area contributed by atoms with E-state index >= 15 is 0 Å². The summed E-state index contributed by atoms with van der Waals surface area (Å²) >= 11 is 5.71. The number of aliphatic hydroxyl groups excluding tert-OH is 21. The molecule has 0 amide bonds. The van der Waals surface area contributed by atoms with E-state index in [2.05, 4.69) is 30.3 Å². The van der Waals surface area contributed by atoms with Gasteiger partial charge in [0, 0.05) is 19.8 Å². The fraction of sp³-hybridized carbons (Fsp3) is 0.909. The van der Waals surface area contributed by atoms with E-state index in [9.17, 15) is 107 Å². The third kappa shape index (κ3) is 25.1. The van der Waals surface area contributed by atoms with Crippen LogP contribution < -0.4 is 5.19 Å². The van der Waals surface area contributed by atoms with Crippen LogP contribution in [0.25, 0.3) is 0 Å². The minimum Gasteiger partial charge on any atom is -0.394 e. The molecule has 0 aromatic heterocycles. The number of rotatable bonds is 46. The fourth-order valence-corrected chi connectivity index (χ4v) is 22.3. The van der Waals surface area contributed by atoms with E-state index in [1.807, 2.05) is 35.3 Å². The fourth-order valence-electron chi connectivity index (χ4n) is 13.6. The van der Waals surface area contributed by atoms with Crippen molar-refractivity contribution in [3.05, 3.63) is 30.3 Å². The van der Waals surface area contributed by atoms with Gasteiger partial charge >= 0.3 is 0 Å². The molecule has 37 heteroatoms. The molecule has 7 rings (SSSR count). The van der Waals surface area contributed by atoms with E-state index in [0.717, 1.165) is 110 Å². The highest BCUT2D eigenvalue weighted by atomic mass is 32.2. The van der Waals surface area contributed by atoms with Crippen LogP contribution >= 0.6 is 35.3 Å². The molecule has 1 aromatic rings. The molecule has 30 atom stereocenters. The number of thioether (sulfide) groups is 3. The molecule has 0 saturated carbocycles. The molecule has 600 valence electrons. The topological polar surface area (TPSA) is 536 Å². The first-order valence-electron chi connectivity index (χ1n) is 36.0. The van der Waals surface area contributed by atoms with Crippen molar-refractivity contribution in [3.8, 4) is 0 Å². The number of ether oxygens (including phenoxy) is 12. The van der Waals surface area contributed by atoms with Crippen LogP contribution in [-0.2, 0) is 56.8 Å². The zero-order valence-corrected chi connectivity index (χ0v) is 61.4. The Kier molecular flexibility index (Phi) is 40.1. The Bertz CT molecular complexity index is 2190. The van der Waals surface area contributed by atoms with Crippen LogP contribution in [0.15, 0.2) is 30.3 Å². The molecule has 6 heterocycles. The summed E-state index contributed by atoms with van der Waals surface area (Å²) in [7, 11) is -2.07. The second kappa shape index (κ2) is 46.2. The molecular formula is C66H116O33S3Si. The van der Waals surface area contributed by atoms with Gasteiger partial charge in [0.15, 0.2) is 37.7 Å². The van der Waals surface area contributed by atoms with Crippen molar-refractivity contribution >= 4 is 48.5 Å². The van der Waals surface area contributed by atoms with Gasteiger partial charge in [0.05, 0.1) is 47.7 Å². The molecule has 6 aliphatic rings. The SMILES string of the molecule is OC[C@H]1O[C@@H](O[C@H]2[C@H](O)[C@@H](O)[C@H](OCCCCCSCCC[Si](CCCSCCCCCO[C@@H]3O[C@H](CO)[C@@H](O[C@@H]4O[C@H](CO)[C@H](O)[C@H](O)[C@H]4O)[C@H](O)[C@H]3O)(CCCSCCCCCO[C@@H]3O[C@H](CO)[C@@H](O[C@@H]4O[C@H](CO)[C@H](O)[C@H](O)[C@H]4O)[C@H](O)[C@H]3O)c3ccccc3)O[C@@H]2CO)[C@H](O)[C@@H](O)[C@H]1O. The zero-order chi connectivity index (χ0) is 74.8. The minimum atomic E-state index is -2.07. The second-order valence-electron chi connectivity index (χ2n) is 27.1. The molecule has 21 N–H and O–H groups in total. The van der Waals surface area contributed by atoms with E-state index in [0.29, 0.717) is 19.3 Å². The first-order chi connectivity index (χ1) is 49.6. The zero-order valence-electron chi connectivity index (χ0n) is 57.9. The van der Waals surface area contributed by atoms with Crippen molar-refractivity contribution in [1.82, 2.24) is 0 Å². The number of hydrogen-bond acceptors (Lipinski definition) is 36. The highest BCUT2D eigenvalue weighted by Gasteiger charge is 2.55. The first-order valence-corrected chi connectivity index (χ1v) is 42.1. The van der Waals surface area contributed by atoms with Gasteiger partial charge in [-0.15, -0.1) is 0 Å². The Balaban J connectivity index is 0.830. The molecule has 0 spiro atoms. The molecule has 0 aliphatic carbocycles. The predicted molar refractivity (Wildman–Crippen MR) is 371 cm³/mol. The summed E-state index contributed by atoms with van der Waals surface area (Å²) in [5.41, 5.74) is 0. The van der Waals surface area contributed by atoms with Gasteiger partial charge in [-0.05, 0) is 92.3 Å². The standard InChI is InChI=1S/C66H116O33S3Si/c67-30-37-43(73)46(76)52(82)64(91-37)97-58-40(33-70)94-61(55(85)49(58)79)88-18-7-2-10-21-100-24-13-27-103(36-16-5-1-6-17-36,28-14-25-101-22-11-3-8-19-89-62-56(86)50(80)59(41(34-71)95-62)98-65-53(83)47(77)44(74)38(31-68)92-65)29-15-26-102-23-12-4-9-20-90-63-57(87)51(81)60(42(35-72)96-63)99-66-54(84)48(78)45(75)39(32-69)93-66/h1,5-6,16-17,37-87H,2-4,7-15,18-35H2/t37-,38-,39-,40-,41-,42-,43+,44+,45+,46+,47+,48+,49-,50-,51-,52-,53-,54-,55-,56-,57-,58-,59-,60-,61-,62-,63-,64+,65+,66+/m1/s1. The average molecular weight is 1560 g/mol. The maximum absolute atomic E-state index is 11.0. The summed E-state index contributed by atoms with van der Waals surface area (Å²) in [4.78, 5) is 0. The van der Waals surface area contributed by atoms with Gasteiger partial charge in [-0.25, -0.2) is 0 Å². The van der Waals surface area contributed by atoms with Crippen LogP contribution in [-0.4, -0.2) is 394 Å². The average Bonchev–Trinajstić information content (AvgIpc) is 0.795. The van der Waals surface area contributed by atoms with Crippen LogP contribution in [0, 0.1) is 0 Å². The molecule has 0 bridgehead atoms. The van der Waals surface area contributed by atoms with Gasteiger partial charge in [-0.2, -0.15) is 35.3 Å². The van der Waals surface area contributed by atoms with Crippen LogP contribution in [0.5, 0.6) is 0 Å². The van der Waals surface area contributed by atoms with E-state index in [1.165, 1.54) is 5.19 Å². The van der Waals surface area contributed by atoms with Crippen molar-refractivity contribution in [2.45, 2.75) is 279 Å². The Labute approximate surface area is 613 Å². The molecule has 6 saturated heterocycles. The normalized spacial score (nSPS) is 39.0. The number of benzene rings is 1. The van der Waals surface area contributed by atoms with Gasteiger partial charge < -0.3 is 164 Å². The maximum atomic E-state index is 11.0. The van der Waals surface area contributed by atoms with Crippen molar-refractivity contribution in [3.63, 3.8) is 0 Å². The molecule has 1 aromatic carbocycles. The third-order valence-electron chi connectivity index (χ3n) is 19.7. The lowest BCUT2D eigenvalue weighted by atomic mass is 9.97. The maximum Gasteiger partial charge on any atom is 0.187 e. The molecule has 103 heavy (non-hydrogen) atoms. The van der Waals surface area contributed by atoms with E-state index < -0.39 is 232 Å². The Morgan fingerprint density at radius 3 is 0.796 bits per heavy atom. The summed E-state index contributed by atoms with van der Waals surface area (Å²) in [6.45, 7) is -3.55. The van der Waals surface area contributed by atoms with Crippen LogP contribution in [0.3, 0.4) is 0 Å². The van der Waals surface area contributed by atoms with Crippen molar-refractivity contribution in [2.75, 3.05) is 94.0 Å². The van der Waals surface area contributed by atoms with Crippen LogP contribution in [0.4, 0.5) is 0 Å². The first kappa shape index (κ1) is 89.4. The van der Waals surface area contributed by atoms with Crippen molar-refractivity contribution in [1.29, 1.82) is 0 Å². The summed E-state index contributed by atoms with van der Waals surface area (Å²) in [6, 6.07) is 14.2. The van der Waals surface area contributed by atoms with Crippen LogP contribution in [0.1, 0.15) is 77.0 Å². The van der Waals surface area contributed by atoms with Crippen LogP contribution in [0.2, 0.25) is 18.1 Å². The Hall–Kier alpha value is -0.833. The van der Waals surface area contributed by atoms with Gasteiger partial charge in [0.25, 0.3) is 0 Å². The molecule has 0 radical (unpaired) electrons. The monoisotopic (exact) mass is 1560 g/mol. The van der Waals surface area contributed by atoms with Gasteiger partial charge in [-0.3, -0.25) is 0 Å². The predicted octanol–water partition coefficient (Wildman–Crippen LogP) is -5.85. The van der Waals surface area contributed by atoms with Gasteiger partial charge in [0.1, 0.15) is 146 Å². The molecule has 6 fully saturated rings. The highest BCUT2D eigenvalue weighted by molar-refractivity contribution is 7.99. The van der Waals surface area contributed by atoms with Gasteiger partial charge in [-0.1, -0.05) is 72.9 Å². The summed E-state index contributed by atoms with van der Waals surface area (Å²) in [5.74, 6) is 5.70. The van der Waals surface area contributed by atoms with E-state index in [4.69, 9.17) is 56.8 Å². The minimum absolute atomic E-state index is 0.189. The summed E-state index contributed by atoms with van der Waals surface area (Å²) in [6.07, 6.45) is -35.8. The van der Waals surface area contributed by atoms with Gasteiger partial charge in [0.2, 0.25) is 0 Å². The third-order valence-corrected chi connectivity index (χ3v) is 28.7. The molecular weight excluding hydrogens is 1440 g/mol. The molecule has 0 unspecified atom stereocenters. The summed E-state index contributed by atoms with van der Waals surface area (Å²) < 4.78 is 67.9. The highest BCUT2D eigenvalue weighted by Crippen LogP contribution is 2.35. The number of aliphatic hydroxyl groups is 21. The Morgan fingerprint density at radius 1 is 0.272 bits per heavy atom. The Morgan fingerprint density at radius 2 is 0.524 bits per heavy atom. The van der Waals surface area contributed by atoms with Crippen molar-refractivity contribution in [2.24, 2.45) is 0 Å². The van der Waals surface area contributed by atoms with E-state index in [-0.39, 0.29) is 19.8 Å². The largest absolute Gasteiger partial charge is 0.394 e. The molecule has 33 nitrogen and oxygen atoms in total. The summed E-state index contributed by atoms with van der Waals surface area (Å²) in [5, 5.41) is 219. The van der Waals surface area contributed by atoms with Crippen molar-refractivity contribution < 1.29 is 164 Å². The lowest BCUT2D eigenvalue weighted by Gasteiger charge is -2.45. The number of hydrogen-bond donors (Lipinski definition) is 21. The smallest absolute Gasteiger partial charge is 0.187 e. The number of unbranched alkanes of at least 4 members (excludes halogenated alkanes) is 6. The lowest BCUT2D eigenvalue weighted by molar-refractivity contribution is -0.359.